The summed E-state index contributed by atoms with van der Waals surface area (Å²) in [6.07, 6.45) is 0. The van der Waals surface area contributed by atoms with Crippen molar-refractivity contribution in [2.24, 2.45) is 0 Å². The molecule has 0 aliphatic carbocycles. The number of nitrogens with zero attached hydrogens (tertiary/aromatic N) is 1. The summed E-state index contributed by atoms with van der Waals surface area (Å²) in [7, 11) is 1.85. The topological polar surface area (TPSA) is 64.4 Å². The molecule has 1 N–H and O–H groups in total. The smallest absolute Gasteiger partial charge is 0.272 e. The molecule has 88 valence electrons. The Kier molecular flexibility index (Phi) is 4.88. The summed E-state index contributed by atoms with van der Waals surface area (Å²) in [6, 6.07) is 5.04. The van der Waals surface area contributed by atoms with Gasteiger partial charge in [-0.15, -0.1) is 0 Å². The minimum absolute atomic E-state index is 0.148. The Bertz CT molecular complexity index is 366. The molecule has 0 spiro atoms. The number of benzene rings is 1. The summed E-state index contributed by atoms with van der Waals surface area (Å²) in [5, 5.41) is 13.7. The first-order valence-corrected chi connectivity index (χ1v) is 5.12. The molecule has 0 aromatic heterocycles. The Morgan fingerprint density at radius 2 is 2.25 bits per heavy atom. The molecule has 0 atom stereocenters. The Morgan fingerprint density at radius 1 is 1.50 bits per heavy atom. The van der Waals surface area contributed by atoms with Crippen LogP contribution in [0.4, 0.5) is 5.69 Å². The third-order valence-corrected chi connectivity index (χ3v) is 2.37. The van der Waals surface area contributed by atoms with Gasteiger partial charge in [0.15, 0.2) is 0 Å². The van der Waals surface area contributed by atoms with E-state index in [1.54, 1.807) is 13.0 Å². The predicted octanol–water partition coefficient (Wildman–Crippen LogP) is 1.64. The van der Waals surface area contributed by atoms with Gasteiger partial charge in [-0.2, -0.15) is 0 Å². The first-order chi connectivity index (χ1) is 7.66. The molecule has 5 heteroatoms. The maximum atomic E-state index is 10.7. The Morgan fingerprint density at radius 3 is 2.88 bits per heavy atom. The van der Waals surface area contributed by atoms with E-state index in [0.29, 0.717) is 18.8 Å². The van der Waals surface area contributed by atoms with Crippen LogP contribution in [-0.2, 0) is 11.3 Å². The van der Waals surface area contributed by atoms with Crippen molar-refractivity contribution in [1.82, 2.24) is 5.32 Å². The Balaban J connectivity index is 2.66. The van der Waals surface area contributed by atoms with Gasteiger partial charge in [-0.1, -0.05) is 12.1 Å². The first kappa shape index (κ1) is 12.6. The van der Waals surface area contributed by atoms with Gasteiger partial charge in [0.2, 0.25) is 0 Å². The molecule has 1 rings (SSSR count). The lowest BCUT2D eigenvalue weighted by Gasteiger charge is -2.07. The minimum Gasteiger partial charge on any atom is -0.375 e. The van der Waals surface area contributed by atoms with Crippen LogP contribution in [0.3, 0.4) is 0 Å². The highest BCUT2D eigenvalue weighted by Crippen LogP contribution is 2.21. The van der Waals surface area contributed by atoms with Gasteiger partial charge in [-0.25, -0.2) is 0 Å². The number of likely N-dealkylation sites (N-methyl/N-ethyl adjacent to an activating group) is 1. The fraction of sp³-hybridized carbons (Fsp3) is 0.455. The second-order valence-electron chi connectivity index (χ2n) is 3.47. The molecule has 0 bridgehead atoms. The Labute approximate surface area is 94.6 Å². The average molecular weight is 224 g/mol. The van der Waals surface area contributed by atoms with Crippen molar-refractivity contribution in [3.8, 4) is 0 Å². The number of hydrogen-bond donors (Lipinski definition) is 1. The normalized spacial score (nSPS) is 10.4. The summed E-state index contributed by atoms with van der Waals surface area (Å²) >= 11 is 0. The van der Waals surface area contributed by atoms with Crippen LogP contribution in [0.2, 0.25) is 0 Å². The maximum absolute atomic E-state index is 10.7. The van der Waals surface area contributed by atoms with E-state index in [4.69, 9.17) is 4.74 Å². The maximum Gasteiger partial charge on any atom is 0.272 e. The number of nitro groups is 1. The van der Waals surface area contributed by atoms with Crippen LogP contribution < -0.4 is 5.32 Å². The quantitative estimate of drug-likeness (QED) is 0.453. The average Bonchev–Trinajstić information content (AvgIpc) is 2.26. The second-order valence-corrected chi connectivity index (χ2v) is 3.47. The van der Waals surface area contributed by atoms with E-state index in [9.17, 15) is 10.1 Å². The molecule has 0 aliphatic rings. The van der Waals surface area contributed by atoms with Crippen molar-refractivity contribution in [3.63, 3.8) is 0 Å². The molecule has 0 amide bonds. The van der Waals surface area contributed by atoms with E-state index in [1.165, 1.54) is 6.07 Å². The van der Waals surface area contributed by atoms with Crippen LogP contribution in [0.1, 0.15) is 11.1 Å². The highest BCUT2D eigenvalue weighted by molar-refractivity contribution is 5.44. The van der Waals surface area contributed by atoms with E-state index in [0.717, 1.165) is 12.1 Å². The first-order valence-electron chi connectivity index (χ1n) is 5.12. The zero-order chi connectivity index (χ0) is 12.0. The van der Waals surface area contributed by atoms with Crippen LogP contribution in [-0.4, -0.2) is 25.1 Å². The molecule has 0 radical (unpaired) electrons. The van der Waals surface area contributed by atoms with Crippen LogP contribution >= 0.6 is 0 Å². The van der Waals surface area contributed by atoms with Gasteiger partial charge in [-0.05, 0) is 19.5 Å². The number of nitrogens with one attached hydrogen (secondary N) is 1. The minimum atomic E-state index is -0.369. The fourth-order valence-electron chi connectivity index (χ4n) is 1.38. The predicted molar refractivity (Wildman–Crippen MR) is 61.4 cm³/mol. The molecule has 0 aliphatic heterocycles. The monoisotopic (exact) mass is 224 g/mol. The summed E-state index contributed by atoms with van der Waals surface area (Å²) in [6.45, 7) is 3.52. The summed E-state index contributed by atoms with van der Waals surface area (Å²) in [4.78, 5) is 10.3. The van der Waals surface area contributed by atoms with Crippen molar-refractivity contribution in [1.29, 1.82) is 0 Å². The summed E-state index contributed by atoms with van der Waals surface area (Å²) in [5.74, 6) is 0. The highest BCUT2D eigenvalue weighted by Gasteiger charge is 2.12. The van der Waals surface area contributed by atoms with E-state index in [-0.39, 0.29) is 10.6 Å². The van der Waals surface area contributed by atoms with Gasteiger partial charge in [0, 0.05) is 18.2 Å². The lowest BCUT2D eigenvalue weighted by atomic mass is 10.1. The third kappa shape index (κ3) is 3.29. The fourth-order valence-corrected chi connectivity index (χ4v) is 1.38. The van der Waals surface area contributed by atoms with Crippen molar-refractivity contribution in [2.75, 3.05) is 20.2 Å². The van der Waals surface area contributed by atoms with E-state index < -0.39 is 0 Å². The standard InChI is InChI=1S/C11H16N2O3/c1-9-10(8-16-7-6-12-2)4-3-5-11(9)13(14)15/h3-5,12H,6-8H2,1-2H3. The van der Waals surface area contributed by atoms with Gasteiger partial charge in [0.25, 0.3) is 5.69 Å². The van der Waals surface area contributed by atoms with E-state index in [1.807, 2.05) is 13.1 Å². The molecular weight excluding hydrogens is 208 g/mol. The molecule has 5 nitrogen and oxygen atoms in total. The number of nitro benzene ring substituents is 1. The molecular formula is C11H16N2O3. The van der Waals surface area contributed by atoms with Gasteiger partial charge < -0.3 is 10.1 Å². The van der Waals surface area contributed by atoms with Gasteiger partial charge in [-0.3, -0.25) is 10.1 Å². The molecule has 0 unspecified atom stereocenters. The molecule has 16 heavy (non-hydrogen) atoms. The lowest BCUT2D eigenvalue weighted by molar-refractivity contribution is -0.385. The second kappa shape index (κ2) is 6.19. The number of rotatable bonds is 6. The lowest BCUT2D eigenvalue weighted by Crippen LogP contribution is -2.14. The summed E-state index contributed by atoms with van der Waals surface area (Å²) < 4.78 is 5.39. The highest BCUT2D eigenvalue weighted by atomic mass is 16.6. The van der Waals surface area contributed by atoms with Crippen LogP contribution in [0, 0.1) is 17.0 Å². The van der Waals surface area contributed by atoms with Crippen LogP contribution in [0.25, 0.3) is 0 Å². The number of hydrogen-bond acceptors (Lipinski definition) is 4. The third-order valence-electron chi connectivity index (χ3n) is 2.37. The zero-order valence-corrected chi connectivity index (χ0v) is 9.53. The van der Waals surface area contributed by atoms with Crippen molar-refractivity contribution in [2.45, 2.75) is 13.5 Å². The number of ether oxygens (including phenoxy) is 1. The van der Waals surface area contributed by atoms with Crippen LogP contribution in [0.15, 0.2) is 18.2 Å². The van der Waals surface area contributed by atoms with Crippen molar-refractivity contribution < 1.29 is 9.66 Å². The van der Waals surface area contributed by atoms with Gasteiger partial charge in [0.1, 0.15) is 0 Å². The molecule has 0 heterocycles. The molecule has 0 fully saturated rings. The zero-order valence-electron chi connectivity index (χ0n) is 9.53. The summed E-state index contributed by atoms with van der Waals surface area (Å²) in [5.41, 5.74) is 1.69. The van der Waals surface area contributed by atoms with E-state index in [2.05, 4.69) is 5.32 Å². The van der Waals surface area contributed by atoms with Crippen molar-refractivity contribution >= 4 is 5.69 Å². The van der Waals surface area contributed by atoms with E-state index >= 15 is 0 Å². The molecule has 0 saturated heterocycles. The SMILES string of the molecule is CNCCOCc1cccc([N+](=O)[O-])c1C. The molecule has 1 aromatic rings. The molecule has 1 aromatic carbocycles. The van der Waals surface area contributed by atoms with Gasteiger partial charge in [0.05, 0.1) is 18.1 Å². The van der Waals surface area contributed by atoms with Crippen LogP contribution in [0.5, 0.6) is 0 Å². The molecule has 0 saturated carbocycles. The largest absolute Gasteiger partial charge is 0.375 e. The van der Waals surface area contributed by atoms with Gasteiger partial charge >= 0.3 is 0 Å². The van der Waals surface area contributed by atoms with Crippen molar-refractivity contribution in [3.05, 3.63) is 39.4 Å². The Hall–Kier alpha value is -1.46.